The van der Waals surface area contributed by atoms with Crippen LogP contribution in [0.1, 0.15) is 277 Å². The Morgan fingerprint density at radius 2 is 0.815 bits per heavy atom. The summed E-state index contributed by atoms with van der Waals surface area (Å²) >= 11 is 0. The molecule has 474 valence electrons. The summed E-state index contributed by atoms with van der Waals surface area (Å²) in [6, 6.07) is -0.916. The van der Waals surface area contributed by atoms with Gasteiger partial charge in [0, 0.05) is 6.42 Å². The first-order valence-electron chi connectivity index (χ1n) is 33.4. The average Bonchev–Trinajstić information content (AvgIpc) is 3.47. The molecule has 2 rings (SSSR count). The zero-order valence-electron chi connectivity index (χ0n) is 51.3. The number of aliphatic hydroxyl groups excluding tert-OH is 8. The fourth-order valence-electron chi connectivity index (χ4n) is 10.9. The molecule has 2 aliphatic rings. The van der Waals surface area contributed by atoms with E-state index >= 15 is 0 Å². The number of nitrogens with one attached hydrogen (secondary N) is 1. The molecule has 0 bridgehead atoms. The lowest BCUT2D eigenvalue weighted by molar-refractivity contribution is -0.359. The lowest BCUT2D eigenvalue weighted by Crippen LogP contribution is -2.65. The van der Waals surface area contributed by atoms with Crippen LogP contribution in [0.3, 0.4) is 0 Å². The van der Waals surface area contributed by atoms with Gasteiger partial charge in [0.05, 0.1) is 32.0 Å². The number of carbonyl (C=O) groups excluding carboxylic acids is 1. The summed E-state index contributed by atoms with van der Waals surface area (Å²) in [5, 5.41) is 87.3. The molecular weight excluding hydrogens is 1030 g/mol. The van der Waals surface area contributed by atoms with E-state index in [2.05, 4.69) is 55.6 Å². The molecule has 2 heterocycles. The molecule has 0 radical (unpaired) electrons. The highest BCUT2D eigenvalue weighted by molar-refractivity contribution is 5.76. The van der Waals surface area contributed by atoms with Gasteiger partial charge in [0.25, 0.3) is 0 Å². The topological polar surface area (TPSA) is 228 Å². The first-order chi connectivity index (χ1) is 39.6. The van der Waals surface area contributed by atoms with Crippen LogP contribution < -0.4 is 5.32 Å². The minimum Gasteiger partial charge on any atom is -0.394 e. The Morgan fingerprint density at radius 3 is 1.25 bits per heavy atom. The predicted octanol–water partition coefficient (Wildman–Crippen LogP) is 12.7. The predicted molar refractivity (Wildman–Crippen MR) is 327 cm³/mol. The van der Waals surface area contributed by atoms with Crippen molar-refractivity contribution >= 4 is 5.91 Å². The van der Waals surface area contributed by atoms with Crippen LogP contribution in [0.25, 0.3) is 0 Å². The zero-order valence-corrected chi connectivity index (χ0v) is 51.3. The number of ether oxygens (including phenoxy) is 4. The molecule has 12 atom stereocenters. The molecule has 0 spiro atoms. The molecule has 2 saturated heterocycles. The van der Waals surface area contributed by atoms with Crippen LogP contribution in [0.5, 0.6) is 0 Å². The van der Waals surface area contributed by atoms with E-state index in [-0.39, 0.29) is 18.9 Å². The highest BCUT2D eigenvalue weighted by Crippen LogP contribution is 2.30. The summed E-state index contributed by atoms with van der Waals surface area (Å²) in [6.45, 7) is 2.81. The fraction of sp³-hybridized carbons (Fsp3) is 0.866. The molecule has 0 aromatic rings. The smallest absolute Gasteiger partial charge is 0.220 e. The number of allylic oxidation sites excluding steroid dienone is 7. The molecule has 0 aromatic carbocycles. The number of unbranched alkanes of at least 4 members (excludes halogenated alkanes) is 35. The second kappa shape index (κ2) is 52.3. The first-order valence-corrected chi connectivity index (χ1v) is 33.4. The number of amides is 1. The van der Waals surface area contributed by atoms with Crippen molar-refractivity contribution < 1.29 is 64.6 Å². The Hall–Kier alpha value is -2.05. The summed E-state index contributed by atoms with van der Waals surface area (Å²) in [4.78, 5) is 13.3. The van der Waals surface area contributed by atoms with Crippen LogP contribution in [0.15, 0.2) is 48.6 Å². The molecule has 14 nitrogen and oxygen atoms in total. The van der Waals surface area contributed by atoms with E-state index in [1.54, 1.807) is 6.08 Å². The van der Waals surface area contributed by atoms with Crippen molar-refractivity contribution in [2.45, 2.75) is 351 Å². The maximum atomic E-state index is 13.3. The summed E-state index contributed by atoms with van der Waals surface area (Å²) in [6.07, 6.45) is 50.1. The van der Waals surface area contributed by atoms with Gasteiger partial charge >= 0.3 is 0 Å². The molecule has 0 aromatic heterocycles. The molecule has 81 heavy (non-hydrogen) atoms. The van der Waals surface area contributed by atoms with Crippen LogP contribution in [-0.2, 0) is 23.7 Å². The lowest BCUT2D eigenvalue weighted by Gasteiger charge is -2.46. The molecule has 9 N–H and O–H groups in total. The minimum atomic E-state index is -1.79. The van der Waals surface area contributed by atoms with Gasteiger partial charge in [-0.1, -0.05) is 262 Å². The Labute approximate surface area is 493 Å². The van der Waals surface area contributed by atoms with Crippen molar-refractivity contribution in [2.75, 3.05) is 19.8 Å². The van der Waals surface area contributed by atoms with Crippen molar-refractivity contribution in [1.29, 1.82) is 0 Å². The van der Waals surface area contributed by atoms with Gasteiger partial charge in [-0.3, -0.25) is 4.79 Å². The Morgan fingerprint density at radius 1 is 0.444 bits per heavy atom. The second-order valence-corrected chi connectivity index (χ2v) is 23.6. The highest BCUT2D eigenvalue weighted by Gasteiger charge is 2.51. The van der Waals surface area contributed by atoms with E-state index in [9.17, 15) is 45.6 Å². The van der Waals surface area contributed by atoms with Gasteiger partial charge < -0.3 is 65.1 Å². The van der Waals surface area contributed by atoms with E-state index < -0.39 is 86.8 Å². The lowest BCUT2D eigenvalue weighted by atomic mass is 9.97. The molecule has 14 heteroatoms. The van der Waals surface area contributed by atoms with Crippen molar-refractivity contribution in [3.8, 4) is 0 Å². The zero-order chi connectivity index (χ0) is 58.8. The number of hydrogen-bond acceptors (Lipinski definition) is 13. The summed E-state index contributed by atoms with van der Waals surface area (Å²) in [5.41, 5.74) is 0. The third kappa shape index (κ3) is 37.2. The van der Waals surface area contributed by atoms with Gasteiger partial charge in [-0.05, 0) is 57.8 Å². The van der Waals surface area contributed by atoms with Crippen LogP contribution in [0.2, 0.25) is 0 Å². The van der Waals surface area contributed by atoms with Gasteiger partial charge in [0.1, 0.15) is 48.8 Å². The molecule has 2 fully saturated rings. The van der Waals surface area contributed by atoms with Gasteiger partial charge in [-0.2, -0.15) is 0 Å². The van der Waals surface area contributed by atoms with Gasteiger partial charge in [0.2, 0.25) is 5.91 Å². The average molecular weight is 1150 g/mol. The molecular formula is C67H123NO13. The van der Waals surface area contributed by atoms with Crippen LogP contribution in [0.4, 0.5) is 0 Å². The maximum absolute atomic E-state index is 13.3. The number of hydrogen-bond donors (Lipinski definition) is 9. The van der Waals surface area contributed by atoms with Crippen molar-refractivity contribution in [2.24, 2.45) is 0 Å². The summed E-state index contributed by atoms with van der Waals surface area (Å²) in [7, 11) is 0. The van der Waals surface area contributed by atoms with Crippen LogP contribution >= 0.6 is 0 Å². The third-order valence-corrected chi connectivity index (χ3v) is 16.3. The first kappa shape index (κ1) is 75.0. The standard InChI is InChI=1S/C67H123NO13/c1-3-5-7-9-11-13-15-17-19-21-23-24-25-26-27-28-29-30-31-32-33-35-37-39-41-43-45-47-49-51-59(72)68-55(56(71)50-48-46-44-42-40-38-36-34-22-20-18-16-14-12-10-8-6-4-2)54-78-66-64(77)62(75)65(58(53-70)80-66)81-67-63(76)61(74)60(73)57(52-69)79-67/h15,17,21,23,25-26,48,50,55-58,60-67,69-71,73-77H,3-14,16,18-20,22,24,27-47,49,51-54H2,1-2H3,(H,68,72)/b17-15-,23-21-,26-25-,50-48+. The number of aliphatic hydroxyl groups is 8. The van der Waals surface area contributed by atoms with E-state index in [1.807, 2.05) is 6.08 Å². The van der Waals surface area contributed by atoms with Crippen LogP contribution in [-0.4, -0.2) is 140 Å². The fourth-order valence-corrected chi connectivity index (χ4v) is 10.9. The SMILES string of the molecule is CCCCCCC/C=C\C/C=C\C/C=C\CCCCCCCCCCCCCCCCC(=O)NC(COC1OC(CO)C(OC2OC(CO)C(O)C(O)C2O)C(O)C1O)C(O)/C=C/CCCCCCCCCCCCCCCCCC. The van der Waals surface area contributed by atoms with E-state index in [0.29, 0.717) is 6.42 Å². The quantitative estimate of drug-likeness (QED) is 0.0204. The molecule has 12 unspecified atom stereocenters. The Balaban J connectivity index is 1.69. The minimum absolute atomic E-state index is 0.238. The van der Waals surface area contributed by atoms with Gasteiger partial charge in [-0.25, -0.2) is 0 Å². The molecule has 2 aliphatic heterocycles. The maximum Gasteiger partial charge on any atom is 0.220 e. The largest absolute Gasteiger partial charge is 0.394 e. The monoisotopic (exact) mass is 1150 g/mol. The van der Waals surface area contributed by atoms with Crippen molar-refractivity contribution in [3.63, 3.8) is 0 Å². The summed E-state index contributed by atoms with van der Waals surface area (Å²) < 4.78 is 22.8. The Kier molecular flexibility index (Phi) is 48.5. The summed E-state index contributed by atoms with van der Waals surface area (Å²) in [5.74, 6) is -0.238. The second-order valence-electron chi connectivity index (χ2n) is 23.6. The molecule has 1 amide bonds. The normalized spacial score (nSPS) is 24.4. The van der Waals surface area contributed by atoms with E-state index in [1.165, 1.54) is 199 Å². The Bertz CT molecular complexity index is 1540. The number of rotatable bonds is 54. The van der Waals surface area contributed by atoms with Gasteiger partial charge in [-0.15, -0.1) is 0 Å². The van der Waals surface area contributed by atoms with Crippen molar-refractivity contribution in [3.05, 3.63) is 48.6 Å². The van der Waals surface area contributed by atoms with Crippen LogP contribution in [0, 0.1) is 0 Å². The van der Waals surface area contributed by atoms with E-state index in [4.69, 9.17) is 18.9 Å². The van der Waals surface area contributed by atoms with E-state index in [0.717, 1.165) is 51.4 Å². The van der Waals surface area contributed by atoms with Gasteiger partial charge in [0.15, 0.2) is 12.6 Å². The highest BCUT2D eigenvalue weighted by atomic mass is 16.7. The molecule has 0 saturated carbocycles. The molecule has 0 aliphatic carbocycles. The van der Waals surface area contributed by atoms with Crippen molar-refractivity contribution in [1.82, 2.24) is 5.32 Å². The number of carbonyl (C=O) groups is 1. The third-order valence-electron chi connectivity index (χ3n) is 16.3.